The first-order valence-electron chi connectivity index (χ1n) is 10.8. The van der Waals surface area contributed by atoms with Gasteiger partial charge in [0, 0.05) is 67.1 Å². The van der Waals surface area contributed by atoms with Gasteiger partial charge in [-0.05, 0) is 48.9 Å². The molecule has 3 N–H and O–H groups in total. The highest BCUT2D eigenvalue weighted by Crippen LogP contribution is 2.37. The van der Waals surface area contributed by atoms with Crippen molar-refractivity contribution < 1.29 is 4.79 Å². The molecule has 32 heavy (non-hydrogen) atoms. The molecule has 1 amide bonds. The second-order valence-electron chi connectivity index (χ2n) is 8.47. The van der Waals surface area contributed by atoms with Crippen molar-refractivity contribution in [2.75, 3.05) is 55.6 Å². The number of para-hydroxylation sites is 1. The molecule has 8 heteroatoms. The summed E-state index contributed by atoms with van der Waals surface area (Å²) in [6.45, 7) is 6.58. The first-order valence-corrected chi connectivity index (χ1v) is 10.8. The van der Waals surface area contributed by atoms with Gasteiger partial charge in [0.05, 0.1) is 6.54 Å². The lowest BCUT2D eigenvalue weighted by molar-refractivity contribution is -0.116. The molecule has 3 heterocycles. The van der Waals surface area contributed by atoms with Crippen molar-refractivity contribution in [3.8, 4) is 0 Å². The zero-order valence-electron chi connectivity index (χ0n) is 18.1. The predicted octanol–water partition coefficient (Wildman–Crippen LogP) is 3.61. The van der Waals surface area contributed by atoms with Crippen molar-refractivity contribution in [1.29, 1.82) is 0 Å². The lowest BCUT2D eigenvalue weighted by Crippen LogP contribution is -2.46. The smallest absolute Gasteiger partial charge is 0.236 e. The van der Waals surface area contributed by atoms with Gasteiger partial charge in [0.1, 0.15) is 0 Å². The first-order chi connectivity index (χ1) is 14.7. The number of carbonyl (C=O) groups excluding carboxylic acids is 1. The minimum absolute atomic E-state index is 0. The van der Waals surface area contributed by atoms with Crippen molar-refractivity contribution in [1.82, 2.24) is 9.88 Å². The molecule has 0 bridgehead atoms. The van der Waals surface area contributed by atoms with Crippen LogP contribution in [-0.4, -0.2) is 61.6 Å². The number of piperazine rings is 1. The fourth-order valence-corrected chi connectivity index (χ4v) is 4.97. The Morgan fingerprint density at radius 3 is 2.59 bits per heavy atom. The van der Waals surface area contributed by atoms with Crippen LogP contribution in [0.4, 0.5) is 11.4 Å². The van der Waals surface area contributed by atoms with Crippen molar-refractivity contribution in [3.05, 3.63) is 60.3 Å². The molecule has 2 aromatic carbocycles. The van der Waals surface area contributed by atoms with E-state index in [1.54, 1.807) is 0 Å². The maximum atomic E-state index is 11.4. The van der Waals surface area contributed by atoms with E-state index in [4.69, 9.17) is 5.73 Å². The van der Waals surface area contributed by atoms with E-state index in [1.807, 2.05) is 12.3 Å². The monoisotopic (exact) mass is 475 g/mol. The zero-order valence-corrected chi connectivity index (χ0v) is 19.7. The molecule has 0 saturated carbocycles. The summed E-state index contributed by atoms with van der Waals surface area (Å²) in [5, 5.41) is 1.27. The Morgan fingerprint density at radius 1 is 1.03 bits per heavy atom. The number of nitrogens with two attached hydrogens (primary N) is 1. The van der Waals surface area contributed by atoms with E-state index < -0.39 is 0 Å². The second kappa shape index (κ2) is 10.5. The third-order valence-corrected chi connectivity index (χ3v) is 6.57. The first kappa shape index (κ1) is 24.2. The topological polar surface area (TPSA) is 68.6 Å². The van der Waals surface area contributed by atoms with Crippen molar-refractivity contribution in [2.24, 2.45) is 5.73 Å². The number of halogens is 2. The highest BCUT2D eigenvalue weighted by molar-refractivity contribution is 5.86. The molecule has 0 spiro atoms. The number of primary amides is 1. The van der Waals surface area contributed by atoms with E-state index in [1.165, 1.54) is 27.8 Å². The third-order valence-electron chi connectivity index (χ3n) is 6.57. The normalized spacial score (nSPS) is 18.2. The summed E-state index contributed by atoms with van der Waals surface area (Å²) in [5.74, 6) is 0.203. The molecule has 0 radical (unpaired) electrons. The number of anilines is 2. The Kier molecular flexibility index (Phi) is 7.93. The number of nitrogens with one attached hydrogen (secondary N) is 1. The molecule has 2 aliphatic rings. The average Bonchev–Trinajstić information content (AvgIpc) is 3.37. The Hall–Kier alpha value is -2.41. The Morgan fingerprint density at radius 2 is 1.81 bits per heavy atom. The Balaban J connectivity index is 0.00000144. The molecule has 1 fully saturated rings. The quantitative estimate of drug-likeness (QED) is 0.571. The summed E-state index contributed by atoms with van der Waals surface area (Å²) in [7, 11) is 0. The van der Waals surface area contributed by atoms with Gasteiger partial charge in [0.15, 0.2) is 0 Å². The molecular formula is C24H31Cl2N5O. The van der Waals surface area contributed by atoms with Crippen LogP contribution in [0.3, 0.4) is 0 Å². The standard InChI is InChI=1S/C24H29N5O.2ClH/c25-24(30)17-29-16-19(21-3-1-2-4-23(21)29)8-10-27-11-13-28(14-12-27)20-5-6-22-18(15-20)7-9-26-22;;/h1-7,9,15,19,26H,8,10-14,16-17H2,(H2,25,30);2*1H/t19-;;/m1../s1. The van der Waals surface area contributed by atoms with E-state index in [0.29, 0.717) is 12.5 Å². The van der Waals surface area contributed by atoms with Crippen LogP contribution in [0.2, 0.25) is 0 Å². The van der Waals surface area contributed by atoms with Gasteiger partial charge in [-0.2, -0.15) is 0 Å². The highest BCUT2D eigenvalue weighted by atomic mass is 35.5. The Labute approximate surface area is 201 Å². The molecule has 6 nitrogen and oxygen atoms in total. The van der Waals surface area contributed by atoms with Gasteiger partial charge in [0.25, 0.3) is 0 Å². The van der Waals surface area contributed by atoms with Crippen molar-refractivity contribution in [3.63, 3.8) is 0 Å². The van der Waals surface area contributed by atoms with Crippen molar-refractivity contribution in [2.45, 2.75) is 12.3 Å². The van der Waals surface area contributed by atoms with E-state index in [0.717, 1.165) is 45.7 Å². The van der Waals surface area contributed by atoms with Crippen LogP contribution < -0.4 is 15.5 Å². The van der Waals surface area contributed by atoms with Gasteiger partial charge in [-0.3, -0.25) is 9.69 Å². The van der Waals surface area contributed by atoms with E-state index in [9.17, 15) is 4.79 Å². The number of hydrogen-bond donors (Lipinski definition) is 2. The number of nitrogens with zero attached hydrogens (tertiary/aromatic N) is 3. The summed E-state index contributed by atoms with van der Waals surface area (Å²) in [6, 6.07) is 17.3. The molecule has 1 atom stereocenters. The summed E-state index contributed by atoms with van der Waals surface area (Å²) in [5.41, 5.74) is 10.5. The number of rotatable bonds is 6. The minimum Gasteiger partial charge on any atom is -0.369 e. The van der Waals surface area contributed by atoms with Crippen LogP contribution in [0.5, 0.6) is 0 Å². The number of amides is 1. The van der Waals surface area contributed by atoms with E-state index in [-0.39, 0.29) is 30.7 Å². The van der Waals surface area contributed by atoms with Gasteiger partial charge in [-0.25, -0.2) is 0 Å². The van der Waals surface area contributed by atoms with Crippen LogP contribution in [0.1, 0.15) is 17.9 Å². The minimum atomic E-state index is -0.264. The molecule has 0 unspecified atom stereocenters. The van der Waals surface area contributed by atoms with Gasteiger partial charge in [-0.15, -0.1) is 24.8 Å². The number of aromatic amines is 1. The number of hydrogen-bond acceptors (Lipinski definition) is 4. The molecule has 1 saturated heterocycles. The van der Waals surface area contributed by atoms with E-state index >= 15 is 0 Å². The number of carbonyl (C=O) groups is 1. The zero-order chi connectivity index (χ0) is 20.5. The fourth-order valence-electron chi connectivity index (χ4n) is 4.97. The molecular weight excluding hydrogens is 445 g/mol. The van der Waals surface area contributed by atoms with Crippen LogP contribution in [0.15, 0.2) is 54.7 Å². The van der Waals surface area contributed by atoms with Gasteiger partial charge in [0.2, 0.25) is 5.91 Å². The van der Waals surface area contributed by atoms with Crippen LogP contribution in [0.25, 0.3) is 10.9 Å². The predicted molar refractivity (Wildman–Crippen MR) is 137 cm³/mol. The lowest BCUT2D eigenvalue weighted by atomic mass is 9.97. The van der Waals surface area contributed by atoms with Crippen LogP contribution in [-0.2, 0) is 4.79 Å². The molecule has 0 aliphatic carbocycles. The summed E-state index contributed by atoms with van der Waals surface area (Å²) in [4.78, 5) is 21.9. The number of H-pyrrole nitrogens is 1. The summed E-state index contributed by atoms with van der Waals surface area (Å²) >= 11 is 0. The SMILES string of the molecule is Cl.Cl.NC(=O)CN1C[C@@H](CCN2CCN(c3ccc4[nH]ccc4c3)CC2)c2ccccc21. The molecule has 3 aromatic rings. The molecule has 172 valence electrons. The molecule has 5 rings (SSSR count). The van der Waals surface area contributed by atoms with Crippen molar-refractivity contribution >= 4 is 53.0 Å². The van der Waals surface area contributed by atoms with Gasteiger partial charge < -0.3 is 20.5 Å². The van der Waals surface area contributed by atoms with Gasteiger partial charge >= 0.3 is 0 Å². The van der Waals surface area contributed by atoms with Crippen LogP contribution in [0, 0.1) is 0 Å². The number of benzene rings is 2. The van der Waals surface area contributed by atoms with E-state index in [2.05, 4.69) is 62.1 Å². The van der Waals surface area contributed by atoms with Crippen LogP contribution >= 0.6 is 24.8 Å². The highest BCUT2D eigenvalue weighted by Gasteiger charge is 2.29. The number of fused-ring (bicyclic) bond motifs is 2. The molecule has 2 aliphatic heterocycles. The average molecular weight is 476 g/mol. The maximum absolute atomic E-state index is 11.4. The lowest BCUT2D eigenvalue weighted by Gasteiger charge is -2.36. The maximum Gasteiger partial charge on any atom is 0.236 e. The summed E-state index contributed by atoms with van der Waals surface area (Å²) in [6.07, 6.45) is 3.11. The molecule has 1 aromatic heterocycles. The largest absolute Gasteiger partial charge is 0.369 e. The van der Waals surface area contributed by atoms with Gasteiger partial charge in [-0.1, -0.05) is 18.2 Å². The fraction of sp³-hybridized carbons (Fsp3) is 0.375. The summed E-state index contributed by atoms with van der Waals surface area (Å²) < 4.78 is 0. The number of aromatic nitrogens is 1. The Bertz CT molecular complexity index is 1050. The third kappa shape index (κ3) is 4.98. The second-order valence-corrected chi connectivity index (χ2v) is 8.47.